The molecular formula is C20H24N4O4S. The Kier molecular flexibility index (Phi) is 7.18. The SMILES string of the molecule is C[C@@H](OC(=O)c1csc(NCc2ccccc2)n1)C(=O)NC(=O)NC1CCCC1. The van der Waals surface area contributed by atoms with Crippen LogP contribution in [0.1, 0.15) is 48.7 Å². The minimum atomic E-state index is -1.11. The summed E-state index contributed by atoms with van der Waals surface area (Å²) in [7, 11) is 0. The van der Waals surface area contributed by atoms with Gasteiger partial charge in [-0.2, -0.15) is 0 Å². The Morgan fingerprint density at radius 3 is 2.66 bits per heavy atom. The van der Waals surface area contributed by atoms with Gasteiger partial charge in [-0.15, -0.1) is 11.3 Å². The lowest BCUT2D eigenvalue weighted by Crippen LogP contribution is -2.47. The van der Waals surface area contributed by atoms with Gasteiger partial charge in [-0.1, -0.05) is 43.2 Å². The second-order valence-electron chi connectivity index (χ2n) is 6.87. The number of benzene rings is 1. The molecule has 1 aliphatic carbocycles. The molecule has 1 fully saturated rings. The van der Waals surface area contributed by atoms with Crippen molar-refractivity contribution in [3.8, 4) is 0 Å². The zero-order valence-corrected chi connectivity index (χ0v) is 17.0. The maximum Gasteiger partial charge on any atom is 0.358 e. The molecule has 1 aromatic heterocycles. The quantitative estimate of drug-likeness (QED) is 0.599. The maximum atomic E-state index is 12.2. The van der Waals surface area contributed by atoms with Crippen molar-refractivity contribution in [2.24, 2.45) is 0 Å². The monoisotopic (exact) mass is 416 g/mol. The Balaban J connectivity index is 1.44. The van der Waals surface area contributed by atoms with Gasteiger partial charge in [-0.05, 0) is 25.3 Å². The summed E-state index contributed by atoms with van der Waals surface area (Å²) in [4.78, 5) is 40.4. The summed E-state index contributed by atoms with van der Waals surface area (Å²) in [5.41, 5.74) is 1.20. The number of carbonyl (C=O) groups excluding carboxylic acids is 3. The van der Waals surface area contributed by atoms with E-state index in [1.807, 2.05) is 30.3 Å². The molecule has 3 amide bonds. The zero-order chi connectivity index (χ0) is 20.6. The van der Waals surface area contributed by atoms with Crippen LogP contribution in [0.2, 0.25) is 0 Å². The fourth-order valence-corrected chi connectivity index (χ4v) is 3.68. The number of hydrogen-bond acceptors (Lipinski definition) is 7. The van der Waals surface area contributed by atoms with E-state index in [1.54, 1.807) is 5.38 Å². The summed E-state index contributed by atoms with van der Waals surface area (Å²) >= 11 is 1.27. The van der Waals surface area contributed by atoms with Crippen molar-refractivity contribution in [1.82, 2.24) is 15.6 Å². The van der Waals surface area contributed by atoms with E-state index in [0.717, 1.165) is 31.2 Å². The van der Waals surface area contributed by atoms with Crippen LogP contribution in [0.25, 0.3) is 0 Å². The van der Waals surface area contributed by atoms with E-state index in [0.29, 0.717) is 11.7 Å². The first-order chi connectivity index (χ1) is 14.0. The van der Waals surface area contributed by atoms with Crippen molar-refractivity contribution in [3.63, 3.8) is 0 Å². The molecule has 1 aliphatic rings. The molecule has 1 atom stereocenters. The molecule has 1 saturated carbocycles. The molecule has 1 heterocycles. The Bertz CT molecular complexity index is 849. The molecule has 29 heavy (non-hydrogen) atoms. The molecule has 9 heteroatoms. The second kappa shape index (κ2) is 10.0. The minimum absolute atomic E-state index is 0.0949. The van der Waals surface area contributed by atoms with E-state index < -0.39 is 24.0 Å². The highest BCUT2D eigenvalue weighted by atomic mass is 32.1. The molecule has 0 saturated heterocycles. The van der Waals surface area contributed by atoms with Crippen LogP contribution < -0.4 is 16.0 Å². The van der Waals surface area contributed by atoms with Gasteiger partial charge >= 0.3 is 12.0 Å². The first-order valence-corrected chi connectivity index (χ1v) is 10.4. The standard InChI is InChI=1S/C20H24N4O4S/c1-13(17(25)24-19(27)22-15-9-5-6-10-15)28-18(26)16-12-29-20(23-16)21-11-14-7-3-2-4-8-14/h2-4,7-8,12-13,15H,5-6,9-11H2,1H3,(H,21,23)(H2,22,24,25,27)/t13-/m1/s1. The van der Waals surface area contributed by atoms with Crippen LogP contribution in [0.15, 0.2) is 35.7 Å². The fourth-order valence-electron chi connectivity index (χ4n) is 3.00. The van der Waals surface area contributed by atoms with Crippen LogP contribution in [0.3, 0.4) is 0 Å². The van der Waals surface area contributed by atoms with Gasteiger partial charge in [-0.3, -0.25) is 10.1 Å². The first-order valence-electron chi connectivity index (χ1n) is 9.57. The molecule has 0 aliphatic heterocycles. The van der Waals surface area contributed by atoms with E-state index in [4.69, 9.17) is 4.74 Å². The number of ether oxygens (including phenoxy) is 1. The number of nitrogens with zero attached hydrogens (tertiary/aromatic N) is 1. The largest absolute Gasteiger partial charge is 0.448 e. The lowest BCUT2D eigenvalue weighted by atomic mass is 10.2. The number of rotatable bonds is 7. The summed E-state index contributed by atoms with van der Waals surface area (Å²) in [5, 5.41) is 10.2. The summed E-state index contributed by atoms with van der Waals surface area (Å²) in [5.74, 6) is -1.39. The van der Waals surface area contributed by atoms with E-state index in [1.165, 1.54) is 18.3 Å². The molecule has 0 radical (unpaired) electrons. The van der Waals surface area contributed by atoms with Crippen LogP contribution in [-0.2, 0) is 16.1 Å². The molecular weight excluding hydrogens is 392 g/mol. The van der Waals surface area contributed by atoms with Crippen molar-refractivity contribution in [2.75, 3.05) is 5.32 Å². The van der Waals surface area contributed by atoms with Gasteiger partial charge in [0.15, 0.2) is 16.9 Å². The van der Waals surface area contributed by atoms with Gasteiger partial charge in [0.2, 0.25) is 0 Å². The van der Waals surface area contributed by atoms with Crippen molar-refractivity contribution in [1.29, 1.82) is 0 Å². The molecule has 3 N–H and O–H groups in total. The summed E-state index contributed by atoms with van der Waals surface area (Å²) in [6, 6.07) is 9.34. The highest BCUT2D eigenvalue weighted by molar-refractivity contribution is 7.13. The molecule has 3 rings (SSSR count). The predicted molar refractivity (Wildman–Crippen MR) is 110 cm³/mol. The second-order valence-corrected chi connectivity index (χ2v) is 7.73. The van der Waals surface area contributed by atoms with Gasteiger partial charge in [0.1, 0.15) is 0 Å². The summed E-state index contributed by atoms with van der Waals surface area (Å²) in [6.45, 7) is 1.99. The fraction of sp³-hybridized carbons (Fsp3) is 0.400. The van der Waals surface area contributed by atoms with Gasteiger partial charge in [0, 0.05) is 18.0 Å². The van der Waals surface area contributed by atoms with Gasteiger partial charge in [0.25, 0.3) is 5.91 Å². The van der Waals surface area contributed by atoms with Crippen molar-refractivity contribution in [2.45, 2.75) is 51.3 Å². The Morgan fingerprint density at radius 2 is 1.93 bits per heavy atom. The van der Waals surface area contributed by atoms with Crippen molar-refractivity contribution in [3.05, 3.63) is 47.0 Å². The Hall–Kier alpha value is -2.94. The summed E-state index contributed by atoms with van der Waals surface area (Å²) < 4.78 is 5.13. The number of aromatic nitrogens is 1. The lowest BCUT2D eigenvalue weighted by molar-refractivity contribution is -0.127. The van der Waals surface area contributed by atoms with Gasteiger partial charge in [-0.25, -0.2) is 14.6 Å². The third-order valence-corrected chi connectivity index (χ3v) is 5.38. The molecule has 0 bridgehead atoms. The third kappa shape index (κ3) is 6.28. The van der Waals surface area contributed by atoms with Gasteiger partial charge in [0.05, 0.1) is 0 Å². The van der Waals surface area contributed by atoms with E-state index in [9.17, 15) is 14.4 Å². The third-order valence-electron chi connectivity index (χ3n) is 4.58. The van der Waals surface area contributed by atoms with E-state index >= 15 is 0 Å². The summed E-state index contributed by atoms with van der Waals surface area (Å²) in [6.07, 6.45) is 2.86. The van der Waals surface area contributed by atoms with Crippen LogP contribution in [0.4, 0.5) is 9.93 Å². The zero-order valence-electron chi connectivity index (χ0n) is 16.1. The molecule has 1 aromatic carbocycles. The van der Waals surface area contributed by atoms with Crippen molar-refractivity contribution < 1.29 is 19.1 Å². The normalized spacial score (nSPS) is 14.8. The lowest BCUT2D eigenvalue weighted by Gasteiger charge is -2.15. The number of esters is 1. The minimum Gasteiger partial charge on any atom is -0.448 e. The van der Waals surface area contributed by atoms with Crippen LogP contribution in [0.5, 0.6) is 0 Å². The Morgan fingerprint density at radius 1 is 1.21 bits per heavy atom. The number of amides is 3. The predicted octanol–water partition coefficient (Wildman–Crippen LogP) is 3.07. The maximum absolute atomic E-state index is 12.2. The molecule has 0 unspecified atom stereocenters. The molecule has 8 nitrogen and oxygen atoms in total. The number of urea groups is 1. The number of carbonyl (C=O) groups is 3. The van der Waals surface area contributed by atoms with Crippen LogP contribution in [0, 0.1) is 0 Å². The first kappa shape index (κ1) is 20.8. The smallest absolute Gasteiger partial charge is 0.358 e. The number of anilines is 1. The Labute approximate surface area is 173 Å². The van der Waals surface area contributed by atoms with Gasteiger partial charge < -0.3 is 15.4 Å². The average molecular weight is 417 g/mol. The molecule has 2 aromatic rings. The number of thiazole rings is 1. The average Bonchev–Trinajstić information content (AvgIpc) is 3.39. The van der Waals surface area contributed by atoms with Crippen LogP contribution >= 0.6 is 11.3 Å². The topological polar surface area (TPSA) is 109 Å². The molecule has 0 spiro atoms. The van der Waals surface area contributed by atoms with Crippen LogP contribution in [-0.4, -0.2) is 35.0 Å². The number of imide groups is 1. The van der Waals surface area contributed by atoms with E-state index in [-0.39, 0.29) is 11.7 Å². The number of hydrogen-bond donors (Lipinski definition) is 3. The van der Waals surface area contributed by atoms with Crippen molar-refractivity contribution >= 4 is 34.4 Å². The highest BCUT2D eigenvalue weighted by Crippen LogP contribution is 2.18. The van der Waals surface area contributed by atoms with E-state index in [2.05, 4.69) is 20.9 Å². The molecule has 154 valence electrons. The highest BCUT2D eigenvalue weighted by Gasteiger charge is 2.24. The number of nitrogens with one attached hydrogen (secondary N) is 3.